The first-order valence-corrected chi connectivity index (χ1v) is 11.6. The van der Waals surface area contributed by atoms with E-state index in [9.17, 15) is 28.3 Å². The van der Waals surface area contributed by atoms with Crippen molar-refractivity contribution < 1.29 is 96.7 Å². The molecule has 0 bridgehead atoms. The Hall–Kier alpha value is -0.430. The molecule has 0 fully saturated rings. The number of hydrogen-bond donors (Lipinski definition) is 1. The van der Waals surface area contributed by atoms with Crippen molar-refractivity contribution in [3.05, 3.63) is 51.9 Å². The van der Waals surface area contributed by atoms with Gasteiger partial charge in [-0.2, -0.15) is 0 Å². The van der Waals surface area contributed by atoms with E-state index in [4.69, 9.17) is 4.74 Å². The number of nitrogens with zero attached hydrogens (tertiary/aromatic N) is 1. The molecule has 1 aromatic carbocycles. The van der Waals surface area contributed by atoms with Crippen LogP contribution in [0.5, 0.6) is 0 Å². The van der Waals surface area contributed by atoms with Crippen LogP contribution in [0.2, 0.25) is 0 Å². The smallest absolute Gasteiger partial charge is 0.790 e. The number of nitrogens with one attached hydrogen (secondary N) is 1. The number of fused-ring (bicyclic) bond motifs is 1. The summed E-state index contributed by atoms with van der Waals surface area (Å²) < 4.78 is 33.2. The maximum Gasteiger partial charge on any atom is 1.00 e. The second kappa shape index (κ2) is 13.6. The van der Waals surface area contributed by atoms with Crippen molar-refractivity contribution in [3.63, 3.8) is 0 Å². The summed E-state index contributed by atoms with van der Waals surface area (Å²) in [6.45, 7) is 1.38. The van der Waals surface area contributed by atoms with Crippen LogP contribution >= 0.6 is 19.2 Å². The van der Waals surface area contributed by atoms with Crippen LogP contribution in [-0.4, -0.2) is 28.3 Å². The van der Waals surface area contributed by atoms with Crippen molar-refractivity contribution in [1.82, 2.24) is 9.97 Å². The third-order valence-electron chi connectivity index (χ3n) is 4.35. The third kappa shape index (κ3) is 8.63. The zero-order valence-electron chi connectivity index (χ0n) is 18.3. The van der Waals surface area contributed by atoms with Gasteiger partial charge in [-0.15, -0.1) is 11.3 Å². The Balaban J connectivity index is 0.00000272. The SMILES string of the molecule is CCC(OC(=O)CCCOP(=O)([O-])[O-])c1csc(C(=O)c2c[nH]c3cc(F)ccc23)n1.[Na+].[Na+]. The molecule has 3 rings (SSSR count). The van der Waals surface area contributed by atoms with Crippen LogP contribution in [0.15, 0.2) is 29.8 Å². The predicted molar refractivity (Wildman–Crippen MR) is 106 cm³/mol. The maximum absolute atomic E-state index is 13.4. The number of ketones is 1. The minimum Gasteiger partial charge on any atom is -0.790 e. The number of phosphoric ester groups is 1. The number of carbonyl (C=O) groups excluding carboxylic acids is 2. The van der Waals surface area contributed by atoms with Crippen LogP contribution < -0.4 is 68.9 Å². The van der Waals surface area contributed by atoms with Crippen molar-refractivity contribution in [2.45, 2.75) is 32.3 Å². The van der Waals surface area contributed by atoms with E-state index in [1.165, 1.54) is 24.4 Å². The van der Waals surface area contributed by atoms with Gasteiger partial charge in [0.05, 0.1) is 25.7 Å². The standard InChI is InChI=1S/C19H20FN2O7PS.2Na/c1-2-16(29-17(23)4-3-7-28-30(25,26)27)15-10-31-19(22-15)18(24)13-9-21-14-8-11(20)5-6-12(13)14;;/h5-6,8-10,16,21H,2-4,7H2,1H3,(H2,25,26,27);;/q;2*+1/p-2. The second-order valence-electron chi connectivity index (χ2n) is 6.57. The molecule has 1 unspecified atom stereocenters. The number of rotatable bonds is 10. The number of halogens is 1. The van der Waals surface area contributed by atoms with Gasteiger partial charge < -0.3 is 28.6 Å². The molecule has 9 nitrogen and oxygen atoms in total. The van der Waals surface area contributed by atoms with Crippen molar-refractivity contribution in [1.29, 1.82) is 0 Å². The largest absolute Gasteiger partial charge is 1.00 e. The van der Waals surface area contributed by atoms with Gasteiger partial charge in [-0.25, -0.2) is 9.37 Å². The van der Waals surface area contributed by atoms with Crippen LogP contribution in [0.1, 0.15) is 53.3 Å². The fourth-order valence-electron chi connectivity index (χ4n) is 2.90. The van der Waals surface area contributed by atoms with Gasteiger partial charge in [0.2, 0.25) is 5.78 Å². The van der Waals surface area contributed by atoms with Crippen LogP contribution in [-0.2, 0) is 18.6 Å². The Bertz CT molecular complexity index is 1150. The molecule has 0 aliphatic rings. The summed E-state index contributed by atoms with van der Waals surface area (Å²) in [5.74, 6) is -1.37. The molecule has 3 aromatic rings. The minimum absolute atomic E-state index is 0. The molecule has 1 N–H and O–H groups in total. The summed E-state index contributed by atoms with van der Waals surface area (Å²) in [6.07, 6.45) is 1.08. The Morgan fingerprint density at radius 2 is 2.03 bits per heavy atom. The van der Waals surface area contributed by atoms with Crippen molar-refractivity contribution in [3.8, 4) is 0 Å². The van der Waals surface area contributed by atoms with Gasteiger partial charge in [-0.3, -0.25) is 9.59 Å². The number of H-pyrrole nitrogens is 1. The number of aromatic nitrogens is 2. The van der Waals surface area contributed by atoms with Gasteiger partial charge in [0.15, 0.2) is 5.01 Å². The molecular formula is C19H18FN2Na2O7PS. The van der Waals surface area contributed by atoms with Crippen LogP contribution in [0, 0.1) is 5.82 Å². The molecule has 0 saturated carbocycles. The molecule has 0 radical (unpaired) electrons. The molecule has 0 aliphatic heterocycles. The first kappa shape index (κ1) is 30.6. The average Bonchev–Trinajstić information content (AvgIpc) is 3.35. The number of aromatic amines is 1. The third-order valence-corrected chi connectivity index (χ3v) is 5.71. The number of esters is 1. The van der Waals surface area contributed by atoms with Crippen molar-refractivity contribution in [2.24, 2.45) is 0 Å². The van der Waals surface area contributed by atoms with Gasteiger partial charge >= 0.3 is 65.1 Å². The molecule has 2 aromatic heterocycles. The summed E-state index contributed by atoms with van der Waals surface area (Å²) in [6, 6.07) is 4.08. The van der Waals surface area contributed by atoms with Gasteiger partial charge in [0.25, 0.3) is 0 Å². The summed E-state index contributed by atoms with van der Waals surface area (Å²) in [7, 11) is -5.07. The molecule has 2 heterocycles. The van der Waals surface area contributed by atoms with Gasteiger partial charge in [-0.05, 0) is 31.0 Å². The molecule has 0 saturated heterocycles. The van der Waals surface area contributed by atoms with Crippen LogP contribution in [0.25, 0.3) is 10.9 Å². The van der Waals surface area contributed by atoms with E-state index in [2.05, 4.69) is 14.5 Å². The zero-order valence-corrected chi connectivity index (χ0v) is 24.0. The van der Waals surface area contributed by atoms with E-state index in [1.54, 1.807) is 12.3 Å². The van der Waals surface area contributed by atoms with Crippen LogP contribution in [0.4, 0.5) is 4.39 Å². The van der Waals surface area contributed by atoms with E-state index in [0.717, 1.165) is 11.3 Å². The maximum atomic E-state index is 13.4. The Kier molecular flexibility index (Phi) is 12.6. The summed E-state index contributed by atoms with van der Waals surface area (Å²) in [5, 5.41) is 2.39. The number of carbonyl (C=O) groups is 2. The molecule has 0 spiro atoms. The summed E-state index contributed by atoms with van der Waals surface area (Å²) >= 11 is 1.10. The molecule has 0 aliphatic carbocycles. The summed E-state index contributed by atoms with van der Waals surface area (Å²) in [4.78, 5) is 52.8. The molecular weight excluding hydrogens is 496 g/mol. The quantitative estimate of drug-likeness (QED) is 0.0971. The van der Waals surface area contributed by atoms with Gasteiger partial charge in [-0.1, -0.05) is 6.92 Å². The second-order valence-corrected chi connectivity index (χ2v) is 8.58. The number of thiazole rings is 1. The first-order valence-electron chi connectivity index (χ1n) is 9.30. The number of hydrogen-bond acceptors (Lipinski definition) is 9. The fraction of sp³-hybridized carbons (Fsp3) is 0.316. The monoisotopic (exact) mass is 514 g/mol. The van der Waals surface area contributed by atoms with Crippen molar-refractivity contribution in [2.75, 3.05) is 6.61 Å². The summed E-state index contributed by atoms with van der Waals surface area (Å²) in [5.41, 5.74) is 1.26. The van der Waals surface area contributed by atoms with E-state index >= 15 is 0 Å². The van der Waals surface area contributed by atoms with E-state index in [1.807, 2.05) is 0 Å². The zero-order chi connectivity index (χ0) is 22.6. The normalized spacial score (nSPS) is 12.0. The van der Waals surface area contributed by atoms with Gasteiger partial charge in [0, 0.05) is 28.9 Å². The van der Waals surface area contributed by atoms with Gasteiger partial charge in [0.1, 0.15) is 11.9 Å². The van der Waals surface area contributed by atoms with E-state index < -0.39 is 32.3 Å². The van der Waals surface area contributed by atoms with E-state index in [0.29, 0.717) is 28.6 Å². The fourth-order valence-corrected chi connectivity index (χ4v) is 4.07. The average molecular weight is 514 g/mol. The molecule has 14 heteroatoms. The van der Waals surface area contributed by atoms with Crippen LogP contribution in [0.3, 0.4) is 0 Å². The first-order chi connectivity index (χ1) is 14.7. The molecule has 1 atom stereocenters. The number of phosphoric acid groups is 1. The molecule has 0 amide bonds. The molecule has 33 heavy (non-hydrogen) atoms. The predicted octanol–water partition coefficient (Wildman–Crippen LogP) is -3.38. The topological polar surface area (TPSA) is 144 Å². The minimum atomic E-state index is -5.07. The van der Waals surface area contributed by atoms with Crippen molar-refractivity contribution >= 4 is 41.8 Å². The van der Waals surface area contributed by atoms with E-state index in [-0.39, 0.29) is 82.7 Å². The number of benzene rings is 1. The molecule has 166 valence electrons. The Morgan fingerprint density at radius 1 is 1.30 bits per heavy atom. The number of ether oxygens (including phenoxy) is 1. The Labute approximate surface area is 237 Å². The Morgan fingerprint density at radius 3 is 2.70 bits per heavy atom.